The molecule has 0 spiro atoms. The van der Waals surface area contributed by atoms with Crippen LogP contribution in [0, 0.1) is 35.0 Å². The fourth-order valence-corrected chi connectivity index (χ4v) is 1.83. The maximum atomic E-state index is 13.6. The summed E-state index contributed by atoms with van der Waals surface area (Å²) in [5.74, 6) is -14.2. The zero-order chi connectivity index (χ0) is 19.6. The minimum Gasteiger partial charge on any atom is -0.480 e. The number of hydrogen-bond donors (Lipinski definition) is 2. The number of benzene rings is 1. The topological polar surface area (TPSA) is 106 Å². The molecule has 0 saturated heterocycles. The van der Waals surface area contributed by atoms with Gasteiger partial charge in [-0.1, -0.05) is 0 Å². The van der Waals surface area contributed by atoms with Crippen molar-refractivity contribution in [2.75, 3.05) is 5.73 Å². The first-order valence-corrected chi connectivity index (χ1v) is 6.69. The van der Waals surface area contributed by atoms with Crippen molar-refractivity contribution in [1.82, 2.24) is 4.98 Å². The minimum atomic E-state index is -2.18. The monoisotopic (exact) mass is 373 g/mol. The third-order valence-electron chi connectivity index (χ3n) is 3.11. The van der Waals surface area contributed by atoms with Gasteiger partial charge in [0.1, 0.15) is 5.82 Å². The molecule has 11 heteroatoms. The molecular formula is C15H8F5N3O3. The van der Waals surface area contributed by atoms with Crippen LogP contribution in [0.2, 0.25) is 0 Å². The van der Waals surface area contributed by atoms with Crippen molar-refractivity contribution in [2.45, 2.75) is 0 Å². The van der Waals surface area contributed by atoms with Gasteiger partial charge in [0.15, 0.2) is 46.6 Å². The van der Waals surface area contributed by atoms with Gasteiger partial charge in [-0.3, -0.25) is 9.59 Å². The number of aliphatic carboxylic acids is 1. The lowest BCUT2D eigenvalue weighted by atomic mass is 9.98. The number of carbonyl (C=O) groups excluding carboxylic acids is 1. The van der Waals surface area contributed by atoms with E-state index in [1.54, 1.807) is 0 Å². The molecule has 1 atom stereocenters. The molecule has 0 amide bonds. The maximum Gasteiger partial charge on any atom is 0.319 e. The normalized spacial score (nSPS) is 12.3. The summed E-state index contributed by atoms with van der Waals surface area (Å²) in [6.07, 6.45) is 0.383. The van der Waals surface area contributed by atoms with Gasteiger partial charge >= 0.3 is 5.97 Å². The molecule has 1 heterocycles. The minimum absolute atomic E-state index is 0.0700. The summed E-state index contributed by atoms with van der Waals surface area (Å²) in [7, 11) is 0. The molecule has 1 aromatic carbocycles. The highest BCUT2D eigenvalue weighted by atomic mass is 19.2. The zero-order valence-electron chi connectivity index (χ0n) is 12.5. The van der Waals surface area contributed by atoms with Crippen molar-refractivity contribution >= 4 is 29.6 Å². The van der Waals surface area contributed by atoms with Crippen LogP contribution in [0.5, 0.6) is 0 Å². The van der Waals surface area contributed by atoms with Gasteiger partial charge < -0.3 is 10.8 Å². The SMILES string of the molecule is Nc1nc(N=CC(C(=O)O)C(=O)c2cc(F)c(F)cc2F)c(F)cc1F. The smallest absolute Gasteiger partial charge is 0.319 e. The van der Waals surface area contributed by atoms with E-state index in [-0.39, 0.29) is 12.1 Å². The number of aliphatic imine (C=N–C) groups is 1. The predicted octanol–water partition coefficient (Wildman–Crippen LogP) is 2.65. The van der Waals surface area contributed by atoms with Gasteiger partial charge in [0.25, 0.3) is 0 Å². The van der Waals surface area contributed by atoms with Crippen LogP contribution in [0.1, 0.15) is 10.4 Å². The number of aromatic nitrogens is 1. The molecule has 0 aliphatic carbocycles. The highest BCUT2D eigenvalue weighted by molar-refractivity contribution is 6.18. The van der Waals surface area contributed by atoms with Gasteiger partial charge in [0.2, 0.25) is 0 Å². The molecule has 2 rings (SSSR count). The molecular weight excluding hydrogens is 365 g/mol. The van der Waals surface area contributed by atoms with E-state index in [2.05, 4.69) is 9.98 Å². The van der Waals surface area contributed by atoms with Crippen molar-refractivity contribution in [2.24, 2.45) is 10.9 Å². The molecule has 6 nitrogen and oxygen atoms in total. The predicted molar refractivity (Wildman–Crippen MR) is 78.5 cm³/mol. The quantitative estimate of drug-likeness (QED) is 0.276. The summed E-state index contributed by atoms with van der Waals surface area (Å²) in [5, 5.41) is 9.06. The number of pyridine rings is 1. The van der Waals surface area contributed by atoms with Crippen LogP contribution in [-0.2, 0) is 4.79 Å². The Bertz CT molecular complexity index is 933. The summed E-state index contributed by atoms with van der Waals surface area (Å²) in [4.78, 5) is 29.8. The number of Topliss-reactive ketones (excluding diaryl/α,β-unsaturated/α-hetero) is 1. The lowest BCUT2D eigenvalue weighted by Crippen LogP contribution is -2.26. The summed E-state index contributed by atoms with van der Waals surface area (Å²) in [6.45, 7) is 0. The first-order valence-electron chi connectivity index (χ1n) is 6.69. The highest BCUT2D eigenvalue weighted by Crippen LogP contribution is 2.21. The molecule has 0 aliphatic heterocycles. The van der Waals surface area contributed by atoms with Crippen LogP contribution < -0.4 is 5.73 Å². The summed E-state index contributed by atoms with van der Waals surface area (Å²) >= 11 is 0. The molecule has 3 N–H and O–H groups in total. The second kappa shape index (κ2) is 7.25. The maximum absolute atomic E-state index is 13.6. The van der Waals surface area contributed by atoms with Gasteiger partial charge in [-0.2, -0.15) is 0 Å². The van der Waals surface area contributed by atoms with E-state index in [0.717, 1.165) is 0 Å². The summed E-state index contributed by atoms with van der Waals surface area (Å²) in [6, 6.07) is 0.591. The molecule has 0 aliphatic rings. The van der Waals surface area contributed by atoms with Gasteiger partial charge in [0, 0.05) is 18.3 Å². The first-order chi connectivity index (χ1) is 12.1. The Morgan fingerprint density at radius 1 is 1.00 bits per heavy atom. The van der Waals surface area contributed by atoms with Gasteiger partial charge in [-0.25, -0.2) is 31.9 Å². The molecule has 0 radical (unpaired) electrons. The van der Waals surface area contributed by atoms with Crippen LogP contribution in [0.3, 0.4) is 0 Å². The third kappa shape index (κ3) is 3.82. The van der Waals surface area contributed by atoms with E-state index >= 15 is 0 Å². The molecule has 0 saturated carbocycles. The van der Waals surface area contributed by atoms with Crippen molar-refractivity contribution in [3.05, 3.63) is 52.8 Å². The number of hydrogen-bond acceptors (Lipinski definition) is 5. The van der Waals surface area contributed by atoms with Crippen LogP contribution in [-0.4, -0.2) is 28.1 Å². The Morgan fingerprint density at radius 2 is 1.58 bits per heavy atom. The second-order valence-electron chi connectivity index (χ2n) is 4.87. The number of anilines is 1. The third-order valence-corrected chi connectivity index (χ3v) is 3.11. The number of nitrogen functional groups attached to an aromatic ring is 1. The standard InChI is InChI=1S/C15H8F5N3O3/c16-7-2-9(18)8(17)1-5(7)12(24)6(15(25)26)4-22-14-11(20)3-10(19)13(21)23-14/h1-4,6H,(H2,21,23)(H,25,26). The van der Waals surface area contributed by atoms with E-state index in [9.17, 15) is 31.5 Å². The Balaban J connectivity index is 2.41. The number of carboxylic acids is 1. The fraction of sp³-hybridized carbons (Fsp3) is 0.0667. The Hall–Kier alpha value is -3.37. The van der Waals surface area contributed by atoms with Gasteiger partial charge in [0.05, 0.1) is 5.56 Å². The van der Waals surface area contributed by atoms with Gasteiger partial charge in [-0.05, 0) is 6.07 Å². The molecule has 136 valence electrons. The van der Waals surface area contributed by atoms with Crippen LogP contribution in [0.15, 0.2) is 23.2 Å². The number of halogens is 5. The highest BCUT2D eigenvalue weighted by Gasteiger charge is 2.29. The molecule has 0 fully saturated rings. The largest absolute Gasteiger partial charge is 0.480 e. The van der Waals surface area contributed by atoms with Crippen molar-refractivity contribution in [3.8, 4) is 0 Å². The van der Waals surface area contributed by atoms with E-state index in [1.165, 1.54) is 0 Å². The Kier molecular flexibility index (Phi) is 5.29. The molecule has 0 bridgehead atoms. The summed E-state index contributed by atoms with van der Waals surface area (Å²) in [5.41, 5.74) is 4.07. The molecule has 1 aromatic heterocycles. The number of nitrogens with zero attached hydrogens (tertiary/aromatic N) is 2. The van der Waals surface area contributed by atoms with E-state index in [1.807, 2.05) is 0 Å². The number of carbonyl (C=O) groups is 2. The second-order valence-corrected chi connectivity index (χ2v) is 4.87. The molecule has 26 heavy (non-hydrogen) atoms. The number of carboxylic acid groups (broad SMARTS) is 1. The molecule has 1 unspecified atom stereocenters. The average Bonchev–Trinajstić information content (AvgIpc) is 2.55. The fourth-order valence-electron chi connectivity index (χ4n) is 1.83. The number of nitrogens with two attached hydrogens (primary N) is 1. The zero-order valence-corrected chi connectivity index (χ0v) is 12.5. The van der Waals surface area contributed by atoms with Crippen molar-refractivity contribution in [1.29, 1.82) is 0 Å². The number of rotatable bonds is 5. The van der Waals surface area contributed by atoms with E-state index in [0.29, 0.717) is 12.3 Å². The van der Waals surface area contributed by atoms with E-state index < -0.39 is 64.0 Å². The van der Waals surface area contributed by atoms with Crippen molar-refractivity contribution in [3.63, 3.8) is 0 Å². The van der Waals surface area contributed by atoms with Crippen LogP contribution >= 0.6 is 0 Å². The Morgan fingerprint density at radius 3 is 2.19 bits per heavy atom. The van der Waals surface area contributed by atoms with Crippen molar-refractivity contribution < 1.29 is 36.6 Å². The first kappa shape index (κ1) is 19.0. The number of ketones is 1. The molecule has 2 aromatic rings. The average molecular weight is 373 g/mol. The lowest BCUT2D eigenvalue weighted by Gasteiger charge is -2.08. The van der Waals surface area contributed by atoms with E-state index in [4.69, 9.17) is 10.8 Å². The van der Waals surface area contributed by atoms with Gasteiger partial charge in [-0.15, -0.1) is 0 Å². The van der Waals surface area contributed by atoms with Crippen LogP contribution in [0.4, 0.5) is 33.6 Å². The lowest BCUT2D eigenvalue weighted by molar-refractivity contribution is -0.137. The summed E-state index contributed by atoms with van der Waals surface area (Å²) < 4.78 is 66.3. The van der Waals surface area contributed by atoms with Crippen LogP contribution in [0.25, 0.3) is 0 Å². The Labute approximate surface area is 141 Å².